The van der Waals surface area contributed by atoms with Gasteiger partial charge in [-0.3, -0.25) is 5.10 Å². The van der Waals surface area contributed by atoms with Gasteiger partial charge in [-0.1, -0.05) is 6.07 Å². The highest BCUT2D eigenvalue weighted by molar-refractivity contribution is 5.44. The van der Waals surface area contributed by atoms with Crippen LogP contribution in [0.4, 0.5) is 0 Å². The first-order chi connectivity index (χ1) is 7.92. The van der Waals surface area contributed by atoms with Crippen LogP contribution in [0.2, 0.25) is 0 Å². The number of rotatable bonds is 3. The van der Waals surface area contributed by atoms with Gasteiger partial charge in [-0.25, -0.2) is 0 Å². The zero-order chi connectivity index (χ0) is 10.8. The Morgan fingerprint density at radius 3 is 2.94 bits per heavy atom. The standard InChI is InChI=1S/C12H12N2O2/c1(3-10-5-6-13-14-10)9-2-4-11-12(7-9)16-8-15-11/h2,4-7H,1,3,8H2,(H,13,14). The molecule has 0 aliphatic carbocycles. The van der Waals surface area contributed by atoms with Gasteiger partial charge in [0.25, 0.3) is 0 Å². The van der Waals surface area contributed by atoms with Crippen LogP contribution in [-0.4, -0.2) is 17.0 Å². The summed E-state index contributed by atoms with van der Waals surface area (Å²) in [5.74, 6) is 1.69. The molecule has 0 radical (unpaired) electrons. The number of nitrogens with one attached hydrogen (secondary N) is 1. The van der Waals surface area contributed by atoms with E-state index in [0.29, 0.717) is 6.79 Å². The number of aromatic amines is 1. The first kappa shape index (κ1) is 9.27. The summed E-state index contributed by atoms with van der Waals surface area (Å²) < 4.78 is 10.6. The molecule has 1 aliphatic heterocycles. The van der Waals surface area contributed by atoms with Crippen LogP contribution in [0.15, 0.2) is 30.5 Å². The predicted octanol–water partition coefficient (Wildman–Crippen LogP) is 1.92. The van der Waals surface area contributed by atoms with Crippen molar-refractivity contribution in [3.8, 4) is 11.5 Å². The van der Waals surface area contributed by atoms with Gasteiger partial charge in [0.1, 0.15) is 0 Å². The SMILES string of the molecule is c1cc(CCc2ccc3c(c2)OCO3)[nH]n1. The predicted molar refractivity (Wildman–Crippen MR) is 58.6 cm³/mol. The third-order valence-electron chi connectivity index (χ3n) is 2.68. The molecule has 82 valence electrons. The molecule has 1 aromatic carbocycles. The molecule has 2 heterocycles. The molecular weight excluding hydrogens is 204 g/mol. The Bertz CT molecular complexity index is 480. The molecule has 0 bridgehead atoms. The van der Waals surface area contributed by atoms with Crippen LogP contribution in [0.1, 0.15) is 11.3 Å². The topological polar surface area (TPSA) is 47.1 Å². The minimum atomic E-state index is 0.333. The molecule has 0 spiro atoms. The van der Waals surface area contributed by atoms with Gasteiger partial charge in [0.05, 0.1) is 0 Å². The molecule has 0 amide bonds. The fraction of sp³-hybridized carbons (Fsp3) is 0.250. The lowest BCUT2D eigenvalue weighted by atomic mass is 10.1. The minimum absolute atomic E-state index is 0.333. The third-order valence-corrected chi connectivity index (χ3v) is 2.68. The van der Waals surface area contributed by atoms with Gasteiger partial charge >= 0.3 is 0 Å². The highest BCUT2D eigenvalue weighted by atomic mass is 16.7. The summed E-state index contributed by atoms with van der Waals surface area (Å²) in [6.07, 6.45) is 3.70. The molecule has 0 unspecified atom stereocenters. The third kappa shape index (κ3) is 1.74. The molecule has 1 aliphatic rings. The van der Waals surface area contributed by atoms with Crippen molar-refractivity contribution in [3.05, 3.63) is 41.7 Å². The van der Waals surface area contributed by atoms with Gasteiger partial charge in [-0.2, -0.15) is 5.10 Å². The molecule has 4 nitrogen and oxygen atoms in total. The first-order valence-electron chi connectivity index (χ1n) is 5.28. The Morgan fingerprint density at radius 2 is 2.06 bits per heavy atom. The van der Waals surface area contributed by atoms with E-state index in [4.69, 9.17) is 9.47 Å². The Kier molecular flexibility index (Phi) is 2.25. The summed E-state index contributed by atoms with van der Waals surface area (Å²) in [7, 11) is 0. The van der Waals surface area contributed by atoms with Crippen LogP contribution >= 0.6 is 0 Å². The molecule has 0 fully saturated rings. The van der Waals surface area contributed by atoms with E-state index in [2.05, 4.69) is 16.3 Å². The van der Waals surface area contributed by atoms with E-state index in [1.807, 2.05) is 18.2 Å². The fourth-order valence-electron chi connectivity index (χ4n) is 1.80. The molecular formula is C12H12N2O2. The molecule has 2 aromatic rings. The van der Waals surface area contributed by atoms with E-state index in [1.54, 1.807) is 6.20 Å². The second-order valence-corrected chi connectivity index (χ2v) is 3.77. The average molecular weight is 216 g/mol. The monoisotopic (exact) mass is 216 g/mol. The highest BCUT2D eigenvalue weighted by Gasteiger charge is 2.12. The number of hydrogen-bond acceptors (Lipinski definition) is 3. The highest BCUT2D eigenvalue weighted by Crippen LogP contribution is 2.32. The Balaban J connectivity index is 1.71. The molecule has 1 aromatic heterocycles. The molecule has 0 saturated heterocycles. The Labute approximate surface area is 93.2 Å². The van der Waals surface area contributed by atoms with E-state index in [-0.39, 0.29) is 0 Å². The second-order valence-electron chi connectivity index (χ2n) is 3.77. The van der Waals surface area contributed by atoms with Crippen molar-refractivity contribution in [2.45, 2.75) is 12.8 Å². The molecule has 3 rings (SSSR count). The smallest absolute Gasteiger partial charge is 0.231 e. The number of hydrogen-bond donors (Lipinski definition) is 1. The van der Waals surface area contributed by atoms with Crippen molar-refractivity contribution in [1.82, 2.24) is 10.2 Å². The van der Waals surface area contributed by atoms with Crippen LogP contribution < -0.4 is 9.47 Å². The largest absolute Gasteiger partial charge is 0.454 e. The van der Waals surface area contributed by atoms with Crippen molar-refractivity contribution in [3.63, 3.8) is 0 Å². The van der Waals surface area contributed by atoms with Crippen molar-refractivity contribution in [2.75, 3.05) is 6.79 Å². The summed E-state index contributed by atoms with van der Waals surface area (Å²) in [5, 5.41) is 6.88. The summed E-state index contributed by atoms with van der Waals surface area (Å²) in [6, 6.07) is 8.07. The second kappa shape index (κ2) is 3.89. The lowest BCUT2D eigenvalue weighted by molar-refractivity contribution is 0.174. The van der Waals surface area contributed by atoms with Gasteiger partial charge in [0.15, 0.2) is 11.5 Å². The summed E-state index contributed by atoms with van der Waals surface area (Å²) in [5.41, 5.74) is 2.40. The average Bonchev–Trinajstić information content (AvgIpc) is 2.97. The van der Waals surface area contributed by atoms with Gasteiger partial charge in [0.2, 0.25) is 6.79 Å². The minimum Gasteiger partial charge on any atom is -0.454 e. The normalized spacial score (nSPS) is 13.0. The number of aryl methyl sites for hydroxylation is 2. The molecule has 0 atom stereocenters. The van der Waals surface area contributed by atoms with Crippen molar-refractivity contribution in [2.24, 2.45) is 0 Å². The van der Waals surface area contributed by atoms with Crippen molar-refractivity contribution >= 4 is 0 Å². The number of aromatic nitrogens is 2. The zero-order valence-corrected chi connectivity index (χ0v) is 8.77. The molecule has 16 heavy (non-hydrogen) atoms. The van der Waals surface area contributed by atoms with E-state index >= 15 is 0 Å². The maximum atomic E-state index is 5.33. The fourth-order valence-corrected chi connectivity index (χ4v) is 1.80. The number of nitrogens with zero attached hydrogens (tertiary/aromatic N) is 1. The maximum absolute atomic E-state index is 5.33. The van der Waals surface area contributed by atoms with Gasteiger partial charge in [0, 0.05) is 11.9 Å². The van der Waals surface area contributed by atoms with Crippen LogP contribution in [0.25, 0.3) is 0 Å². The lowest BCUT2D eigenvalue weighted by Gasteiger charge is -2.01. The molecule has 4 heteroatoms. The zero-order valence-electron chi connectivity index (χ0n) is 8.77. The number of H-pyrrole nitrogens is 1. The van der Waals surface area contributed by atoms with Crippen molar-refractivity contribution in [1.29, 1.82) is 0 Å². The summed E-state index contributed by atoms with van der Waals surface area (Å²) >= 11 is 0. The maximum Gasteiger partial charge on any atom is 0.231 e. The van der Waals surface area contributed by atoms with Crippen LogP contribution in [-0.2, 0) is 12.8 Å². The number of benzene rings is 1. The number of fused-ring (bicyclic) bond motifs is 1. The number of ether oxygens (including phenoxy) is 2. The quantitative estimate of drug-likeness (QED) is 0.852. The van der Waals surface area contributed by atoms with E-state index in [9.17, 15) is 0 Å². The Hall–Kier alpha value is -1.97. The van der Waals surface area contributed by atoms with Gasteiger partial charge in [-0.05, 0) is 36.6 Å². The molecule has 0 saturated carbocycles. The summed E-state index contributed by atoms with van der Waals surface area (Å²) in [4.78, 5) is 0. The van der Waals surface area contributed by atoms with Crippen LogP contribution in [0, 0.1) is 0 Å². The molecule has 1 N–H and O–H groups in total. The lowest BCUT2D eigenvalue weighted by Crippen LogP contribution is -1.93. The van der Waals surface area contributed by atoms with Gasteiger partial charge in [-0.15, -0.1) is 0 Å². The van der Waals surface area contributed by atoms with Crippen LogP contribution in [0.5, 0.6) is 11.5 Å². The van der Waals surface area contributed by atoms with Gasteiger partial charge < -0.3 is 9.47 Å². The Morgan fingerprint density at radius 1 is 1.12 bits per heavy atom. The van der Waals surface area contributed by atoms with Crippen LogP contribution in [0.3, 0.4) is 0 Å². The van der Waals surface area contributed by atoms with E-state index < -0.39 is 0 Å². The van der Waals surface area contributed by atoms with E-state index in [0.717, 1.165) is 30.0 Å². The first-order valence-corrected chi connectivity index (χ1v) is 5.28. The summed E-state index contributed by atoms with van der Waals surface area (Å²) in [6.45, 7) is 0.333. The van der Waals surface area contributed by atoms with Crippen molar-refractivity contribution < 1.29 is 9.47 Å². The van der Waals surface area contributed by atoms with E-state index in [1.165, 1.54) is 5.56 Å².